The minimum atomic E-state index is 0.181. The van der Waals surface area contributed by atoms with E-state index >= 15 is 0 Å². The minimum absolute atomic E-state index is 0.181. The number of nitrogens with zero attached hydrogens (tertiary/aromatic N) is 1. The van der Waals surface area contributed by atoms with Gasteiger partial charge in [-0.2, -0.15) is 0 Å². The van der Waals surface area contributed by atoms with Crippen LogP contribution in [0, 0.1) is 24.7 Å². The van der Waals surface area contributed by atoms with Gasteiger partial charge in [0.25, 0.3) is 0 Å². The van der Waals surface area contributed by atoms with Crippen molar-refractivity contribution in [2.75, 3.05) is 5.32 Å². The molecule has 1 N–H and O–H groups in total. The highest BCUT2D eigenvalue weighted by atomic mass is 32.1. The Morgan fingerprint density at radius 1 is 1.23 bits per heavy atom. The van der Waals surface area contributed by atoms with Crippen LogP contribution in [0.15, 0.2) is 30.3 Å². The summed E-state index contributed by atoms with van der Waals surface area (Å²) in [6.07, 6.45) is 4.88. The van der Waals surface area contributed by atoms with E-state index < -0.39 is 0 Å². The zero-order valence-electron chi connectivity index (χ0n) is 12.7. The lowest BCUT2D eigenvalue weighted by atomic mass is 9.88. The molecule has 2 aromatic rings. The van der Waals surface area contributed by atoms with E-state index in [9.17, 15) is 4.79 Å². The molecule has 4 heteroatoms. The number of hydrogen-bond donors (Lipinski definition) is 1. The highest BCUT2D eigenvalue weighted by molar-refractivity contribution is 7.16. The van der Waals surface area contributed by atoms with Crippen molar-refractivity contribution < 1.29 is 4.79 Å². The first kappa shape index (κ1) is 13.9. The van der Waals surface area contributed by atoms with E-state index in [1.165, 1.54) is 19.3 Å². The average Bonchev–Trinajstić information content (AvgIpc) is 3.23. The van der Waals surface area contributed by atoms with Crippen molar-refractivity contribution in [2.45, 2.75) is 32.6 Å². The fourth-order valence-corrected chi connectivity index (χ4v) is 4.92. The van der Waals surface area contributed by atoms with Crippen LogP contribution in [0.5, 0.6) is 0 Å². The lowest BCUT2D eigenvalue weighted by Gasteiger charge is -2.19. The Balaban J connectivity index is 1.51. The van der Waals surface area contributed by atoms with Crippen LogP contribution in [-0.2, 0) is 4.79 Å². The monoisotopic (exact) mass is 312 g/mol. The van der Waals surface area contributed by atoms with Gasteiger partial charge in [-0.05, 0) is 38.0 Å². The summed E-state index contributed by atoms with van der Waals surface area (Å²) in [5.41, 5.74) is 2.09. The van der Waals surface area contributed by atoms with Crippen molar-refractivity contribution in [1.29, 1.82) is 0 Å². The Kier molecular flexibility index (Phi) is 3.49. The van der Waals surface area contributed by atoms with Gasteiger partial charge in [0.05, 0.1) is 5.69 Å². The number of anilines is 1. The smallest absolute Gasteiger partial charge is 0.229 e. The maximum Gasteiger partial charge on any atom is 0.229 e. The van der Waals surface area contributed by atoms with Crippen LogP contribution in [0.1, 0.15) is 30.6 Å². The van der Waals surface area contributed by atoms with Crippen molar-refractivity contribution in [2.24, 2.45) is 17.8 Å². The Morgan fingerprint density at radius 2 is 2.05 bits per heavy atom. The highest BCUT2D eigenvalue weighted by Gasteiger charge is 2.43. The number of thiazole rings is 1. The largest absolute Gasteiger partial charge is 0.302 e. The first-order chi connectivity index (χ1) is 10.7. The van der Waals surface area contributed by atoms with Crippen LogP contribution in [0.25, 0.3) is 11.3 Å². The Bertz CT molecular complexity index is 694. The fraction of sp³-hybridized carbons (Fsp3) is 0.444. The maximum atomic E-state index is 12.5. The molecule has 22 heavy (non-hydrogen) atoms. The molecule has 114 valence electrons. The lowest BCUT2D eigenvalue weighted by Crippen LogP contribution is -2.27. The van der Waals surface area contributed by atoms with Crippen LogP contribution in [0.3, 0.4) is 0 Å². The second-order valence-corrected chi connectivity index (χ2v) is 7.76. The molecule has 2 aliphatic carbocycles. The Labute approximate surface area is 134 Å². The third-order valence-electron chi connectivity index (χ3n) is 5.15. The van der Waals surface area contributed by atoms with E-state index in [4.69, 9.17) is 0 Å². The predicted octanol–water partition coefficient (Wildman–Crippen LogP) is 4.49. The molecule has 3 nitrogen and oxygen atoms in total. The van der Waals surface area contributed by atoms with Gasteiger partial charge in [0.1, 0.15) is 0 Å². The SMILES string of the molecule is Cc1sc(NC(=O)[C@@H]2C[C@H]3CC[C@@H]2C3)nc1-c1ccccc1. The lowest BCUT2D eigenvalue weighted by molar-refractivity contribution is -0.121. The van der Waals surface area contributed by atoms with Crippen LogP contribution < -0.4 is 5.32 Å². The van der Waals surface area contributed by atoms with Gasteiger partial charge in [-0.1, -0.05) is 36.8 Å². The average molecular weight is 312 g/mol. The summed E-state index contributed by atoms with van der Waals surface area (Å²) in [4.78, 5) is 18.3. The number of amides is 1. The molecule has 2 aliphatic rings. The first-order valence-electron chi connectivity index (χ1n) is 8.04. The molecule has 1 aromatic heterocycles. The molecule has 1 amide bonds. The zero-order chi connectivity index (χ0) is 15.1. The molecule has 1 heterocycles. The van der Waals surface area contributed by atoms with Gasteiger partial charge in [0.15, 0.2) is 5.13 Å². The number of fused-ring (bicyclic) bond motifs is 2. The molecule has 0 saturated heterocycles. The van der Waals surface area contributed by atoms with Gasteiger partial charge in [0, 0.05) is 16.4 Å². The first-order valence-corrected chi connectivity index (χ1v) is 8.86. The summed E-state index contributed by atoms with van der Waals surface area (Å²) in [6.45, 7) is 2.06. The van der Waals surface area contributed by atoms with Crippen LogP contribution in [-0.4, -0.2) is 10.9 Å². The summed E-state index contributed by atoms with van der Waals surface area (Å²) in [5, 5.41) is 3.81. The van der Waals surface area contributed by atoms with E-state index in [2.05, 4.69) is 29.4 Å². The van der Waals surface area contributed by atoms with Crippen molar-refractivity contribution in [3.8, 4) is 11.3 Å². The molecule has 1 aromatic carbocycles. The number of aromatic nitrogens is 1. The number of hydrogen-bond acceptors (Lipinski definition) is 3. The second-order valence-electron chi connectivity index (χ2n) is 6.56. The van der Waals surface area contributed by atoms with Gasteiger partial charge in [0.2, 0.25) is 5.91 Å². The van der Waals surface area contributed by atoms with Crippen LogP contribution >= 0.6 is 11.3 Å². The molecule has 3 atom stereocenters. The standard InChI is InChI=1S/C18H20N2OS/c1-11-16(13-5-3-2-4-6-13)19-18(22-11)20-17(21)15-10-12-7-8-14(15)9-12/h2-6,12,14-15H,7-10H2,1H3,(H,19,20,21)/t12-,14+,15+/m0/s1. The van der Waals surface area contributed by atoms with Gasteiger partial charge in [-0.3, -0.25) is 4.79 Å². The molecule has 0 unspecified atom stereocenters. The summed E-state index contributed by atoms with van der Waals surface area (Å²) < 4.78 is 0. The number of benzene rings is 1. The number of nitrogens with one attached hydrogen (secondary N) is 1. The van der Waals surface area contributed by atoms with Gasteiger partial charge in [-0.15, -0.1) is 11.3 Å². The van der Waals surface area contributed by atoms with E-state index in [1.54, 1.807) is 11.3 Å². The van der Waals surface area contributed by atoms with Crippen molar-refractivity contribution in [3.05, 3.63) is 35.2 Å². The molecule has 2 saturated carbocycles. The summed E-state index contributed by atoms with van der Waals surface area (Å²) in [5.74, 6) is 1.79. The fourth-order valence-electron chi connectivity index (χ4n) is 4.08. The Morgan fingerprint density at radius 3 is 2.73 bits per heavy atom. The normalized spacial score (nSPS) is 26.3. The second kappa shape index (κ2) is 5.51. The maximum absolute atomic E-state index is 12.5. The molecular formula is C18H20N2OS. The molecule has 4 rings (SSSR count). The topological polar surface area (TPSA) is 42.0 Å². The van der Waals surface area contributed by atoms with Gasteiger partial charge >= 0.3 is 0 Å². The summed E-state index contributed by atoms with van der Waals surface area (Å²) in [6, 6.07) is 10.2. The summed E-state index contributed by atoms with van der Waals surface area (Å²) >= 11 is 1.57. The number of rotatable bonds is 3. The van der Waals surface area contributed by atoms with E-state index in [-0.39, 0.29) is 11.8 Å². The highest BCUT2D eigenvalue weighted by Crippen LogP contribution is 2.48. The number of carbonyl (C=O) groups excluding carboxylic acids is 1. The van der Waals surface area contributed by atoms with E-state index in [1.807, 2.05) is 18.2 Å². The van der Waals surface area contributed by atoms with E-state index in [0.717, 1.165) is 33.6 Å². The van der Waals surface area contributed by atoms with Crippen LogP contribution in [0.4, 0.5) is 5.13 Å². The van der Waals surface area contributed by atoms with Crippen LogP contribution in [0.2, 0.25) is 0 Å². The molecule has 2 bridgehead atoms. The van der Waals surface area contributed by atoms with Gasteiger partial charge < -0.3 is 5.32 Å². The quantitative estimate of drug-likeness (QED) is 0.907. The van der Waals surface area contributed by atoms with Crippen molar-refractivity contribution in [3.63, 3.8) is 0 Å². The minimum Gasteiger partial charge on any atom is -0.302 e. The number of carbonyl (C=O) groups is 1. The zero-order valence-corrected chi connectivity index (χ0v) is 13.5. The third-order valence-corrected chi connectivity index (χ3v) is 6.04. The number of aryl methyl sites for hydroxylation is 1. The van der Waals surface area contributed by atoms with Crippen molar-refractivity contribution in [1.82, 2.24) is 4.98 Å². The van der Waals surface area contributed by atoms with E-state index in [0.29, 0.717) is 5.92 Å². The Hall–Kier alpha value is -1.68. The molecular weight excluding hydrogens is 292 g/mol. The third kappa shape index (κ3) is 2.45. The summed E-state index contributed by atoms with van der Waals surface area (Å²) in [7, 11) is 0. The van der Waals surface area contributed by atoms with Crippen molar-refractivity contribution >= 4 is 22.4 Å². The predicted molar refractivity (Wildman–Crippen MR) is 89.9 cm³/mol. The molecule has 2 fully saturated rings. The molecule has 0 radical (unpaired) electrons. The van der Waals surface area contributed by atoms with Gasteiger partial charge in [-0.25, -0.2) is 4.98 Å². The molecule has 0 spiro atoms. The molecule has 0 aliphatic heterocycles.